The van der Waals surface area contributed by atoms with E-state index in [-0.39, 0.29) is 48.5 Å². The average Bonchev–Trinajstić information content (AvgIpc) is 2.67. The molecule has 29 heavy (non-hydrogen) atoms. The molecular formula is C20H31Cl2FN4O2. The van der Waals surface area contributed by atoms with Crippen molar-refractivity contribution in [1.82, 2.24) is 9.80 Å². The van der Waals surface area contributed by atoms with Gasteiger partial charge < -0.3 is 16.0 Å². The molecule has 1 aromatic carbocycles. The number of rotatable bonds is 4. The van der Waals surface area contributed by atoms with Crippen LogP contribution in [-0.2, 0) is 9.59 Å². The number of nitrogens with zero attached hydrogens (tertiary/aromatic N) is 2. The van der Waals surface area contributed by atoms with Gasteiger partial charge in [-0.2, -0.15) is 0 Å². The summed E-state index contributed by atoms with van der Waals surface area (Å²) in [5, 5.41) is 2.75. The van der Waals surface area contributed by atoms with Crippen molar-refractivity contribution in [1.29, 1.82) is 0 Å². The lowest BCUT2D eigenvalue weighted by atomic mass is 9.81. The largest absolute Gasteiger partial charge is 0.339 e. The zero-order valence-corrected chi connectivity index (χ0v) is 18.4. The van der Waals surface area contributed by atoms with Gasteiger partial charge in [-0.25, -0.2) is 4.39 Å². The predicted octanol–water partition coefficient (Wildman–Crippen LogP) is 2.80. The lowest BCUT2D eigenvalue weighted by molar-refractivity contribution is -0.140. The summed E-state index contributed by atoms with van der Waals surface area (Å²) < 4.78 is 13.3. The number of nitrogens with one attached hydrogen (secondary N) is 1. The number of anilines is 1. The normalized spacial score (nSPS) is 20.0. The van der Waals surface area contributed by atoms with Gasteiger partial charge in [0.2, 0.25) is 11.8 Å². The Morgan fingerprint density at radius 1 is 1.10 bits per heavy atom. The summed E-state index contributed by atoms with van der Waals surface area (Å²) in [5.74, 6) is -0.507. The maximum absolute atomic E-state index is 13.3. The zero-order chi connectivity index (χ0) is 19.4. The molecule has 3 N–H and O–H groups in total. The molecule has 2 fully saturated rings. The first-order valence-electron chi connectivity index (χ1n) is 9.78. The molecule has 1 atom stereocenters. The molecule has 1 aromatic rings. The highest BCUT2D eigenvalue weighted by Gasteiger charge is 2.39. The Morgan fingerprint density at radius 3 is 2.31 bits per heavy atom. The van der Waals surface area contributed by atoms with E-state index in [9.17, 15) is 14.0 Å². The van der Waals surface area contributed by atoms with Crippen LogP contribution in [0.4, 0.5) is 10.1 Å². The number of benzene rings is 1. The van der Waals surface area contributed by atoms with Gasteiger partial charge in [0.15, 0.2) is 0 Å². The van der Waals surface area contributed by atoms with Crippen molar-refractivity contribution in [2.24, 2.45) is 5.73 Å². The summed E-state index contributed by atoms with van der Waals surface area (Å²) in [7, 11) is 0. The molecule has 2 amide bonds. The summed E-state index contributed by atoms with van der Waals surface area (Å²) in [6, 6.07) is 5.51. The quantitative estimate of drug-likeness (QED) is 0.741. The number of hydrogen-bond donors (Lipinski definition) is 2. The topological polar surface area (TPSA) is 78.7 Å². The minimum Gasteiger partial charge on any atom is -0.339 e. The van der Waals surface area contributed by atoms with Crippen molar-refractivity contribution in [3.05, 3.63) is 30.1 Å². The van der Waals surface area contributed by atoms with Crippen LogP contribution < -0.4 is 11.1 Å². The summed E-state index contributed by atoms with van der Waals surface area (Å²) in [5.41, 5.74) is 6.11. The summed E-state index contributed by atoms with van der Waals surface area (Å²) in [4.78, 5) is 29.2. The van der Waals surface area contributed by atoms with Gasteiger partial charge in [-0.1, -0.05) is 25.3 Å². The molecule has 1 saturated carbocycles. The monoisotopic (exact) mass is 448 g/mol. The summed E-state index contributed by atoms with van der Waals surface area (Å²) in [6.45, 7) is 4.24. The molecular weight excluding hydrogens is 418 g/mol. The molecule has 6 nitrogen and oxygen atoms in total. The van der Waals surface area contributed by atoms with Crippen molar-refractivity contribution in [3.63, 3.8) is 0 Å². The van der Waals surface area contributed by atoms with Gasteiger partial charge in [-0.3, -0.25) is 14.5 Å². The smallest absolute Gasteiger partial charge is 0.242 e. The molecule has 1 heterocycles. The maximum atomic E-state index is 13.3. The second kappa shape index (κ2) is 11.1. The third-order valence-electron chi connectivity index (χ3n) is 5.79. The molecule has 0 aromatic heterocycles. The van der Waals surface area contributed by atoms with Crippen molar-refractivity contribution in [3.8, 4) is 0 Å². The number of piperazine rings is 1. The Balaban J connectivity index is 0.00000210. The lowest BCUT2D eigenvalue weighted by Gasteiger charge is -2.42. The second-order valence-corrected chi connectivity index (χ2v) is 7.72. The first-order valence-corrected chi connectivity index (χ1v) is 9.78. The van der Waals surface area contributed by atoms with Crippen molar-refractivity contribution >= 4 is 42.3 Å². The Labute approximate surface area is 184 Å². The number of amides is 2. The minimum absolute atomic E-state index is 0. The Morgan fingerprint density at radius 2 is 1.72 bits per heavy atom. The van der Waals surface area contributed by atoms with Gasteiger partial charge in [0, 0.05) is 31.9 Å². The predicted molar refractivity (Wildman–Crippen MR) is 117 cm³/mol. The molecule has 0 radical (unpaired) electrons. The Bertz CT molecular complexity index is 693. The van der Waals surface area contributed by atoms with Gasteiger partial charge in [-0.05, 0) is 38.0 Å². The van der Waals surface area contributed by atoms with Crippen LogP contribution in [0.15, 0.2) is 24.3 Å². The lowest BCUT2D eigenvalue weighted by Crippen LogP contribution is -2.61. The number of carbonyl (C=O) groups excluding carboxylic acids is 2. The maximum Gasteiger partial charge on any atom is 0.242 e. The van der Waals surface area contributed by atoms with Gasteiger partial charge in [0.05, 0.1) is 11.6 Å². The fourth-order valence-electron chi connectivity index (χ4n) is 4.00. The highest BCUT2D eigenvalue weighted by atomic mass is 35.5. The number of halogens is 3. The van der Waals surface area contributed by atoms with E-state index in [2.05, 4.69) is 5.32 Å². The highest BCUT2D eigenvalue weighted by molar-refractivity contribution is 5.94. The highest BCUT2D eigenvalue weighted by Crippen LogP contribution is 2.28. The molecule has 3 rings (SSSR count). The number of hydrogen-bond acceptors (Lipinski definition) is 4. The molecule has 1 saturated heterocycles. The van der Waals surface area contributed by atoms with Crippen LogP contribution in [0.25, 0.3) is 0 Å². The van der Waals surface area contributed by atoms with Crippen LogP contribution in [0.3, 0.4) is 0 Å². The Hall–Kier alpha value is -1.41. The van der Waals surface area contributed by atoms with Crippen LogP contribution in [0.2, 0.25) is 0 Å². The van der Waals surface area contributed by atoms with Crippen LogP contribution in [0.1, 0.15) is 39.0 Å². The van der Waals surface area contributed by atoms with E-state index >= 15 is 0 Å². The van der Waals surface area contributed by atoms with Crippen molar-refractivity contribution in [2.45, 2.75) is 50.6 Å². The van der Waals surface area contributed by atoms with Gasteiger partial charge in [0.25, 0.3) is 0 Å². The molecule has 2 aliphatic rings. The third-order valence-corrected chi connectivity index (χ3v) is 5.79. The average molecular weight is 449 g/mol. The molecule has 0 bridgehead atoms. The summed E-state index contributed by atoms with van der Waals surface area (Å²) >= 11 is 0. The van der Waals surface area contributed by atoms with Crippen molar-refractivity contribution in [2.75, 3.05) is 31.5 Å². The first-order chi connectivity index (χ1) is 12.9. The molecule has 9 heteroatoms. The number of nitrogens with two attached hydrogens (primary N) is 1. The standard InChI is InChI=1S/C20H29FN4O2.2ClH/c1-15(18(26)23-17-7-5-6-16(21)14-17)24-10-12-25(13-11-24)19(27)20(22)8-3-2-4-9-20;;/h5-7,14-15H,2-4,8-13,22H2,1H3,(H,23,26);2*1H. The van der Waals surface area contributed by atoms with Gasteiger partial charge in [0.1, 0.15) is 5.82 Å². The van der Waals surface area contributed by atoms with Crippen molar-refractivity contribution < 1.29 is 14.0 Å². The second-order valence-electron chi connectivity index (χ2n) is 7.72. The van der Waals surface area contributed by atoms with E-state index in [1.807, 2.05) is 16.7 Å². The van der Waals surface area contributed by atoms with E-state index in [1.165, 1.54) is 12.1 Å². The molecule has 164 valence electrons. The molecule has 0 spiro atoms. The van der Waals surface area contributed by atoms with E-state index in [0.717, 1.165) is 32.1 Å². The molecule has 1 aliphatic carbocycles. The third kappa shape index (κ3) is 6.28. The molecule has 1 unspecified atom stereocenters. The summed E-state index contributed by atoms with van der Waals surface area (Å²) in [6.07, 6.45) is 4.70. The van der Waals surface area contributed by atoms with Crippen LogP contribution in [0.5, 0.6) is 0 Å². The number of carbonyl (C=O) groups is 2. The fourth-order valence-corrected chi connectivity index (χ4v) is 4.00. The van der Waals surface area contributed by atoms with E-state index < -0.39 is 5.54 Å². The molecule has 1 aliphatic heterocycles. The van der Waals surface area contributed by atoms with Crippen LogP contribution in [0, 0.1) is 5.82 Å². The van der Waals surface area contributed by atoms with E-state index in [0.29, 0.717) is 31.9 Å². The van der Waals surface area contributed by atoms with Gasteiger partial charge in [-0.15, -0.1) is 24.8 Å². The fraction of sp³-hybridized carbons (Fsp3) is 0.600. The van der Waals surface area contributed by atoms with Crippen LogP contribution >= 0.6 is 24.8 Å². The zero-order valence-electron chi connectivity index (χ0n) is 16.7. The Kier molecular flexibility index (Phi) is 9.82. The van der Waals surface area contributed by atoms with Crippen LogP contribution in [-0.4, -0.2) is 59.4 Å². The first kappa shape index (κ1) is 25.6. The van der Waals surface area contributed by atoms with Gasteiger partial charge >= 0.3 is 0 Å². The minimum atomic E-state index is -0.708. The van der Waals surface area contributed by atoms with E-state index in [4.69, 9.17) is 5.73 Å². The SMILES string of the molecule is CC(C(=O)Nc1cccc(F)c1)N1CCN(C(=O)C2(N)CCCCC2)CC1.Cl.Cl. The van der Waals surface area contributed by atoms with E-state index in [1.54, 1.807) is 12.1 Å².